The van der Waals surface area contributed by atoms with Gasteiger partial charge in [-0.2, -0.15) is 0 Å². The molecule has 140 valence electrons. The van der Waals surface area contributed by atoms with Crippen molar-refractivity contribution in [2.75, 3.05) is 0 Å². The van der Waals surface area contributed by atoms with Crippen LogP contribution in [0.1, 0.15) is 45.5 Å². The van der Waals surface area contributed by atoms with E-state index < -0.39 is 0 Å². The first-order valence-electron chi connectivity index (χ1n) is 8.74. The van der Waals surface area contributed by atoms with Crippen LogP contribution >= 0.6 is 23.4 Å². The molecule has 1 amide bonds. The van der Waals surface area contributed by atoms with Gasteiger partial charge >= 0.3 is 0 Å². The maximum atomic E-state index is 12.2. The summed E-state index contributed by atoms with van der Waals surface area (Å²) in [6.45, 7) is 6.08. The first-order valence-corrected chi connectivity index (χ1v) is 9.99. The van der Waals surface area contributed by atoms with Crippen molar-refractivity contribution in [3.8, 4) is 5.75 Å². The summed E-state index contributed by atoms with van der Waals surface area (Å²) in [4.78, 5) is 12.2. The molecule has 1 saturated carbocycles. The standard InChI is InChI=1S/C18H23ClN4O2S/c1-11(2)20-17(24)12(3)26-18-22-21-16(23(18)13-8-9-13)10-25-15-7-5-4-6-14(15)19/h4-7,11-13H,8-10H2,1-3H3,(H,20,24). The van der Waals surface area contributed by atoms with Crippen molar-refractivity contribution in [3.63, 3.8) is 0 Å². The van der Waals surface area contributed by atoms with E-state index in [2.05, 4.69) is 20.1 Å². The Morgan fingerprint density at radius 1 is 1.35 bits per heavy atom. The third kappa shape index (κ3) is 4.71. The number of thioether (sulfide) groups is 1. The topological polar surface area (TPSA) is 69.0 Å². The second-order valence-corrected chi connectivity index (χ2v) is 8.36. The third-order valence-corrected chi connectivity index (χ3v) is 5.29. The number of carbonyl (C=O) groups is 1. The molecule has 0 spiro atoms. The number of benzene rings is 1. The van der Waals surface area contributed by atoms with Crippen LogP contribution in [0, 0.1) is 0 Å². The maximum absolute atomic E-state index is 12.2. The highest BCUT2D eigenvalue weighted by Crippen LogP contribution is 2.39. The molecule has 0 aliphatic heterocycles. The number of amides is 1. The smallest absolute Gasteiger partial charge is 0.233 e. The Morgan fingerprint density at radius 3 is 2.73 bits per heavy atom. The summed E-state index contributed by atoms with van der Waals surface area (Å²) in [7, 11) is 0. The molecule has 8 heteroatoms. The summed E-state index contributed by atoms with van der Waals surface area (Å²) in [5.74, 6) is 1.38. The number of rotatable bonds is 8. The second-order valence-electron chi connectivity index (χ2n) is 6.64. The summed E-state index contributed by atoms with van der Waals surface area (Å²) in [5, 5.41) is 12.6. The molecule has 1 aliphatic rings. The summed E-state index contributed by atoms with van der Waals surface area (Å²) >= 11 is 7.57. The lowest BCUT2D eigenvalue weighted by Gasteiger charge is -2.15. The fourth-order valence-electron chi connectivity index (χ4n) is 2.50. The van der Waals surface area contributed by atoms with Gasteiger partial charge in [-0.25, -0.2) is 0 Å². The van der Waals surface area contributed by atoms with E-state index in [0.717, 1.165) is 23.8 Å². The van der Waals surface area contributed by atoms with Gasteiger partial charge in [0.2, 0.25) is 5.91 Å². The lowest BCUT2D eigenvalue weighted by Crippen LogP contribution is -2.36. The Labute approximate surface area is 162 Å². The third-order valence-electron chi connectivity index (χ3n) is 3.92. The van der Waals surface area contributed by atoms with E-state index in [4.69, 9.17) is 16.3 Å². The van der Waals surface area contributed by atoms with Gasteiger partial charge in [-0.15, -0.1) is 10.2 Å². The van der Waals surface area contributed by atoms with Crippen LogP contribution in [0.2, 0.25) is 5.02 Å². The van der Waals surface area contributed by atoms with Crippen molar-refractivity contribution >= 4 is 29.3 Å². The van der Waals surface area contributed by atoms with E-state index >= 15 is 0 Å². The van der Waals surface area contributed by atoms with E-state index in [1.807, 2.05) is 39.0 Å². The first-order chi connectivity index (χ1) is 12.5. The van der Waals surface area contributed by atoms with E-state index in [1.54, 1.807) is 6.07 Å². The molecule has 0 bridgehead atoms. The summed E-state index contributed by atoms with van der Waals surface area (Å²) in [5.41, 5.74) is 0. The molecule has 1 aromatic heterocycles. The number of para-hydroxylation sites is 1. The summed E-state index contributed by atoms with van der Waals surface area (Å²) in [6.07, 6.45) is 2.19. The van der Waals surface area contributed by atoms with Crippen molar-refractivity contribution in [2.45, 2.75) is 62.7 Å². The fourth-order valence-corrected chi connectivity index (χ4v) is 3.64. The number of aromatic nitrogens is 3. The van der Waals surface area contributed by atoms with Gasteiger partial charge in [-0.1, -0.05) is 35.5 Å². The molecular formula is C18H23ClN4O2S. The largest absolute Gasteiger partial charge is 0.484 e. The Hall–Kier alpha value is -1.73. The molecule has 2 aromatic rings. The molecular weight excluding hydrogens is 372 g/mol. The fraction of sp³-hybridized carbons (Fsp3) is 0.500. The normalized spacial score (nSPS) is 15.1. The molecule has 1 unspecified atom stereocenters. The monoisotopic (exact) mass is 394 g/mol. The Kier molecular flexibility index (Phi) is 6.09. The minimum Gasteiger partial charge on any atom is -0.484 e. The van der Waals surface area contributed by atoms with Crippen molar-refractivity contribution in [3.05, 3.63) is 35.1 Å². The number of halogens is 1. The van der Waals surface area contributed by atoms with Crippen molar-refractivity contribution in [1.82, 2.24) is 20.1 Å². The molecule has 1 atom stereocenters. The summed E-state index contributed by atoms with van der Waals surface area (Å²) < 4.78 is 7.91. The Bertz CT molecular complexity index is 776. The summed E-state index contributed by atoms with van der Waals surface area (Å²) in [6, 6.07) is 7.86. The van der Waals surface area contributed by atoms with Crippen LogP contribution in [0.4, 0.5) is 0 Å². The molecule has 1 fully saturated rings. The number of carbonyl (C=O) groups excluding carboxylic acids is 1. The number of ether oxygens (including phenoxy) is 1. The highest BCUT2D eigenvalue weighted by molar-refractivity contribution is 8.00. The molecule has 0 radical (unpaired) electrons. The molecule has 1 N–H and O–H groups in total. The van der Waals surface area contributed by atoms with Gasteiger partial charge in [0.15, 0.2) is 11.0 Å². The minimum atomic E-state index is -0.239. The molecule has 1 aromatic carbocycles. The highest BCUT2D eigenvalue weighted by atomic mass is 35.5. The van der Waals surface area contributed by atoms with Gasteiger partial charge in [0.1, 0.15) is 12.4 Å². The average Bonchev–Trinajstić information content (AvgIpc) is 3.35. The van der Waals surface area contributed by atoms with Crippen LogP contribution < -0.4 is 10.1 Å². The number of nitrogens with zero attached hydrogens (tertiary/aromatic N) is 3. The highest BCUT2D eigenvalue weighted by Gasteiger charge is 2.31. The minimum absolute atomic E-state index is 0.00390. The zero-order chi connectivity index (χ0) is 18.7. The van der Waals surface area contributed by atoms with Gasteiger partial charge in [0, 0.05) is 12.1 Å². The SMILES string of the molecule is CC(C)NC(=O)C(C)Sc1nnc(COc2ccccc2Cl)n1C1CC1. The van der Waals surface area contributed by atoms with Crippen LogP contribution in [0.3, 0.4) is 0 Å². The molecule has 1 heterocycles. The predicted molar refractivity (Wildman–Crippen MR) is 103 cm³/mol. The Balaban J connectivity index is 1.70. The van der Waals surface area contributed by atoms with E-state index in [0.29, 0.717) is 23.4 Å². The first kappa shape index (κ1) is 19.0. The molecule has 0 saturated heterocycles. The molecule has 26 heavy (non-hydrogen) atoms. The maximum Gasteiger partial charge on any atom is 0.233 e. The predicted octanol–water partition coefficient (Wildman–Crippen LogP) is 3.85. The zero-order valence-electron chi connectivity index (χ0n) is 15.1. The van der Waals surface area contributed by atoms with E-state index in [9.17, 15) is 4.79 Å². The van der Waals surface area contributed by atoms with Crippen LogP contribution in [-0.2, 0) is 11.4 Å². The van der Waals surface area contributed by atoms with Crippen molar-refractivity contribution < 1.29 is 9.53 Å². The van der Waals surface area contributed by atoms with Gasteiger partial charge < -0.3 is 10.1 Å². The average molecular weight is 395 g/mol. The van der Waals surface area contributed by atoms with Gasteiger partial charge in [0.25, 0.3) is 0 Å². The molecule has 3 rings (SSSR count). The number of nitrogens with one attached hydrogen (secondary N) is 1. The zero-order valence-corrected chi connectivity index (χ0v) is 16.7. The van der Waals surface area contributed by atoms with Crippen LogP contribution in [0.5, 0.6) is 5.75 Å². The van der Waals surface area contributed by atoms with E-state index in [-0.39, 0.29) is 17.2 Å². The number of hydrogen-bond donors (Lipinski definition) is 1. The molecule has 1 aliphatic carbocycles. The van der Waals surface area contributed by atoms with Crippen LogP contribution in [-0.4, -0.2) is 32.0 Å². The quantitative estimate of drug-likeness (QED) is 0.688. The van der Waals surface area contributed by atoms with Gasteiger partial charge in [-0.3, -0.25) is 9.36 Å². The van der Waals surface area contributed by atoms with Crippen molar-refractivity contribution in [1.29, 1.82) is 0 Å². The second kappa shape index (κ2) is 8.31. The lowest BCUT2D eigenvalue weighted by molar-refractivity contribution is -0.120. The Morgan fingerprint density at radius 2 is 2.08 bits per heavy atom. The number of hydrogen-bond acceptors (Lipinski definition) is 5. The van der Waals surface area contributed by atoms with Crippen LogP contribution in [0.25, 0.3) is 0 Å². The lowest BCUT2D eigenvalue weighted by atomic mass is 10.3. The van der Waals surface area contributed by atoms with Gasteiger partial charge in [-0.05, 0) is 45.7 Å². The van der Waals surface area contributed by atoms with Gasteiger partial charge in [0.05, 0.1) is 10.3 Å². The van der Waals surface area contributed by atoms with Crippen LogP contribution in [0.15, 0.2) is 29.4 Å². The van der Waals surface area contributed by atoms with Crippen molar-refractivity contribution in [2.24, 2.45) is 0 Å². The molecule has 6 nitrogen and oxygen atoms in total. The van der Waals surface area contributed by atoms with E-state index in [1.165, 1.54) is 11.8 Å².